The Kier molecular flexibility index (Phi) is 3.69. The molecule has 0 atom stereocenters. The first kappa shape index (κ1) is 13.1. The quantitative estimate of drug-likeness (QED) is 0.924. The lowest BCUT2D eigenvalue weighted by atomic mass is 10.2. The number of piperazine rings is 1. The number of H-pyrrole nitrogens is 1. The van der Waals surface area contributed by atoms with Crippen molar-refractivity contribution in [2.45, 2.75) is 20.4 Å². The largest absolute Gasteiger partial charge is 0.354 e. The van der Waals surface area contributed by atoms with Gasteiger partial charge in [-0.1, -0.05) is 0 Å². The second kappa shape index (κ2) is 5.63. The Bertz CT molecular complexity index is 569. The summed E-state index contributed by atoms with van der Waals surface area (Å²) in [4.78, 5) is 9.27. The maximum absolute atomic E-state index is 4.47. The third-order valence-corrected chi connectivity index (χ3v) is 3.74. The van der Waals surface area contributed by atoms with Crippen molar-refractivity contribution < 1.29 is 0 Å². The van der Waals surface area contributed by atoms with Crippen molar-refractivity contribution in [2.24, 2.45) is 0 Å². The normalized spacial score (nSPS) is 16.6. The van der Waals surface area contributed by atoms with E-state index in [0.717, 1.165) is 49.9 Å². The summed E-state index contributed by atoms with van der Waals surface area (Å²) >= 11 is 0. The van der Waals surface area contributed by atoms with Gasteiger partial charge in [0.25, 0.3) is 0 Å². The zero-order valence-electron chi connectivity index (χ0n) is 12.1. The molecule has 0 radical (unpaired) electrons. The van der Waals surface area contributed by atoms with Crippen LogP contribution in [0.3, 0.4) is 0 Å². The van der Waals surface area contributed by atoms with Gasteiger partial charge in [0, 0.05) is 44.6 Å². The van der Waals surface area contributed by atoms with Gasteiger partial charge in [-0.05, 0) is 37.6 Å². The lowest BCUT2D eigenvalue weighted by molar-refractivity contribution is 0.246. The SMILES string of the molecule is Cc1ccnc(N2CCN(Cc3cc(C)[nH]n3)CC2)c1. The topological polar surface area (TPSA) is 48.1 Å². The molecule has 1 aliphatic rings. The Morgan fingerprint density at radius 3 is 2.60 bits per heavy atom. The van der Waals surface area contributed by atoms with Crippen LogP contribution >= 0.6 is 0 Å². The van der Waals surface area contributed by atoms with Crippen LogP contribution in [0.25, 0.3) is 0 Å². The van der Waals surface area contributed by atoms with E-state index in [0.29, 0.717) is 0 Å². The third-order valence-electron chi connectivity index (χ3n) is 3.74. The highest BCUT2D eigenvalue weighted by Crippen LogP contribution is 2.15. The summed E-state index contributed by atoms with van der Waals surface area (Å²) in [5, 5.41) is 7.31. The van der Waals surface area contributed by atoms with Crippen molar-refractivity contribution in [2.75, 3.05) is 31.1 Å². The van der Waals surface area contributed by atoms with Crippen molar-refractivity contribution in [1.82, 2.24) is 20.1 Å². The predicted molar refractivity (Wildman–Crippen MR) is 79.8 cm³/mol. The second-order valence-electron chi connectivity index (χ2n) is 5.50. The Morgan fingerprint density at radius 2 is 1.95 bits per heavy atom. The van der Waals surface area contributed by atoms with E-state index >= 15 is 0 Å². The Hall–Kier alpha value is -1.88. The molecule has 0 amide bonds. The lowest BCUT2D eigenvalue weighted by Crippen LogP contribution is -2.46. The minimum Gasteiger partial charge on any atom is -0.354 e. The van der Waals surface area contributed by atoms with Gasteiger partial charge in [-0.3, -0.25) is 10.00 Å². The van der Waals surface area contributed by atoms with Crippen LogP contribution in [0, 0.1) is 13.8 Å². The van der Waals surface area contributed by atoms with Crippen molar-refractivity contribution >= 4 is 5.82 Å². The van der Waals surface area contributed by atoms with Gasteiger partial charge in [-0.2, -0.15) is 5.10 Å². The first-order chi connectivity index (χ1) is 9.70. The summed E-state index contributed by atoms with van der Waals surface area (Å²) in [7, 11) is 0. The number of anilines is 1. The molecular weight excluding hydrogens is 250 g/mol. The standard InChI is InChI=1S/C15H21N5/c1-12-3-4-16-15(9-12)20-7-5-19(6-8-20)11-14-10-13(2)17-18-14/h3-4,9-10H,5-8,11H2,1-2H3,(H,17,18). The molecule has 3 rings (SSSR count). The molecule has 1 saturated heterocycles. The molecule has 2 aromatic rings. The summed E-state index contributed by atoms with van der Waals surface area (Å²) < 4.78 is 0. The van der Waals surface area contributed by atoms with Crippen molar-refractivity contribution in [3.05, 3.63) is 41.3 Å². The zero-order valence-corrected chi connectivity index (χ0v) is 12.1. The fourth-order valence-corrected chi connectivity index (χ4v) is 2.61. The van der Waals surface area contributed by atoms with Crippen LogP contribution in [-0.2, 0) is 6.54 Å². The fourth-order valence-electron chi connectivity index (χ4n) is 2.61. The van der Waals surface area contributed by atoms with E-state index < -0.39 is 0 Å². The molecule has 3 heterocycles. The molecule has 20 heavy (non-hydrogen) atoms. The summed E-state index contributed by atoms with van der Waals surface area (Å²) in [5.41, 5.74) is 3.52. The number of pyridine rings is 1. The summed E-state index contributed by atoms with van der Waals surface area (Å²) in [6.07, 6.45) is 1.89. The van der Waals surface area contributed by atoms with E-state index in [4.69, 9.17) is 0 Å². The molecule has 5 nitrogen and oxygen atoms in total. The Balaban J connectivity index is 1.57. The first-order valence-electron chi connectivity index (χ1n) is 7.11. The molecule has 1 aliphatic heterocycles. The molecule has 0 aromatic carbocycles. The van der Waals surface area contributed by atoms with E-state index in [-0.39, 0.29) is 0 Å². The number of nitrogens with zero attached hydrogens (tertiary/aromatic N) is 4. The van der Waals surface area contributed by atoms with E-state index in [1.165, 1.54) is 5.56 Å². The van der Waals surface area contributed by atoms with Crippen LogP contribution in [0.4, 0.5) is 5.82 Å². The molecular formula is C15H21N5. The van der Waals surface area contributed by atoms with E-state index in [9.17, 15) is 0 Å². The smallest absolute Gasteiger partial charge is 0.128 e. The molecule has 0 aliphatic carbocycles. The van der Waals surface area contributed by atoms with Gasteiger partial charge in [0.05, 0.1) is 5.69 Å². The predicted octanol–water partition coefficient (Wildman–Crippen LogP) is 1.74. The summed E-state index contributed by atoms with van der Waals surface area (Å²) in [6, 6.07) is 6.32. The molecule has 0 unspecified atom stereocenters. The van der Waals surface area contributed by atoms with Crippen LogP contribution in [0.2, 0.25) is 0 Å². The zero-order chi connectivity index (χ0) is 13.9. The number of aromatic amines is 1. The molecule has 106 valence electrons. The third kappa shape index (κ3) is 2.99. The van der Waals surface area contributed by atoms with Gasteiger partial charge in [0.2, 0.25) is 0 Å². The molecule has 2 aromatic heterocycles. The maximum Gasteiger partial charge on any atom is 0.128 e. The van der Waals surface area contributed by atoms with E-state index in [2.05, 4.69) is 44.0 Å². The molecule has 0 saturated carbocycles. The molecule has 1 N–H and O–H groups in total. The van der Waals surface area contributed by atoms with Crippen LogP contribution < -0.4 is 4.90 Å². The van der Waals surface area contributed by atoms with Crippen LogP contribution in [0.15, 0.2) is 24.4 Å². The maximum atomic E-state index is 4.47. The number of aromatic nitrogens is 3. The molecule has 0 spiro atoms. The first-order valence-corrected chi connectivity index (χ1v) is 7.11. The van der Waals surface area contributed by atoms with Crippen molar-refractivity contribution in [1.29, 1.82) is 0 Å². The van der Waals surface area contributed by atoms with Gasteiger partial charge in [-0.15, -0.1) is 0 Å². The molecule has 1 fully saturated rings. The Morgan fingerprint density at radius 1 is 1.15 bits per heavy atom. The Labute approximate surface area is 119 Å². The highest BCUT2D eigenvalue weighted by molar-refractivity contribution is 5.41. The summed E-state index contributed by atoms with van der Waals surface area (Å²) in [6.45, 7) is 9.25. The second-order valence-corrected chi connectivity index (χ2v) is 5.50. The number of nitrogens with one attached hydrogen (secondary N) is 1. The molecule has 0 bridgehead atoms. The van der Waals surface area contributed by atoms with E-state index in [1.807, 2.05) is 19.2 Å². The minimum absolute atomic E-state index is 0.930. The monoisotopic (exact) mass is 271 g/mol. The van der Waals surface area contributed by atoms with Crippen molar-refractivity contribution in [3.63, 3.8) is 0 Å². The average molecular weight is 271 g/mol. The number of hydrogen-bond donors (Lipinski definition) is 1. The van der Waals surface area contributed by atoms with Gasteiger partial charge in [-0.25, -0.2) is 4.98 Å². The highest BCUT2D eigenvalue weighted by Gasteiger charge is 2.18. The number of aryl methyl sites for hydroxylation is 2. The van der Waals surface area contributed by atoms with Gasteiger partial charge in [0.1, 0.15) is 5.82 Å². The van der Waals surface area contributed by atoms with Crippen molar-refractivity contribution in [3.8, 4) is 0 Å². The van der Waals surface area contributed by atoms with Crippen LogP contribution in [0.5, 0.6) is 0 Å². The number of rotatable bonds is 3. The van der Waals surface area contributed by atoms with Gasteiger partial charge < -0.3 is 4.90 Å². The summed E-state index contributed by atoms with van der Waals surface area (Å²) in [5.74, 6) is 1.10. The minimum atomic E-state index is 0.930. The lowest BCUT2D eigenvalue weighted by Gasteiger charge is -2.35. The van der Waals surface area contributed by atoms with Crippen LogP contribution in [0.1, 0.15) is 17.0 Å². The van der Waals surface area contributed by atoms with Gasteiger partial charge >= 0.3 is 0 Å². The number of hydrogen-bond acceptors (Lipinski definition) is 4. The highest BCUT2D eigenvalue weighted by atomic mass is 15.3. The van der Waals surface area contributed by atoms with Gasteiger partial charge in [0.15, 0.2) is 0 Å². The fraction of sp³-hybridized carbons (Fsp3) is 0.467. The van der Waals surface area contributed by atoms with E-state index in [1.54, 1.807) is 0 Å². The molecule has 5 heteroatoms. The average Bonchev–Trinajstić information content (AvgIpc) is 2.85. The van der Waals surface area contributed by atoms with Crippen LogP contribution in [-0.4, -0.2) is 46.3 Å².